The molecule has 0 aliphatic heterocycles. The number of ether oxygens (including phenoxy) is 2. The van der Waals surface area contributed by atoms with Gasteiger partial charge in [-0.05, 0) is 29.8 Å². The summed E-state index contributed by atoms with van der Waals surface area (Å²) in [5.74, 6) is -1.77. The number of thiol groups is 1. The van der Waals surface area contributed by atoms with Gasteiger partial charge in [-0.3, -0.25) is 0 Å². The lowest BCUT2D eigenvalue weighted by Crippen LogP contribution is -2.19. The number of nitrogens with two attached hydrogens (primary N) is 1. The van der Waals surface area contributed by atoms with Gasteiger partial charge < -0.3 is 15.2 Å². The van der Waals surface area contributed by atoms with E-state index < -0.39 is 46.2 Å². The zero-order valence-corrected chi connectivity index (χ0v) is 19.3. The van der Waals surface area contributed by atoms with Gasteiger partial charge in [0.2, 0.25) is 16.8 Å². The van der Waals surface area contributed by atoms with Crippen molar-refractivity contribution in [3.05, 3.63) is 71.7 Å². The van der Waals surface area contributed by atoms with Crippen LogP contribution in [0.5, 0.6) is 0 Å². The highest BCUT2D eigenvalue weighted by Crippen LogP contribution is 2.39. The Bertz CT molecular complexity index is 1300. The number of carbonyl (C=O) groups excluding carboxylic acids is 1. The number of anilines is 2. The molecule has 2 heterocycles. The van der Waals surface area contributed by atoms with E-state index in [1.165, 1.54) is 30.3 Å². The molecular weight excluding hydrogens is 508 g/mol. The molecule has 9 nitrogen and oxygen atoms in total. The Kier molecular flexibility index (Phi) is 8.77. The third-order valence-electron chi connectivity index (χ3n) is 4.69. The number of aromatic nitrogens is 2. The molecule has 192 valence electrons. The van der Waals surface area contributed by atoms with Crippen LogP contribution in [0, 0.1) is 5.95 Å². The average Bonchev–Trinajstić information content (AvgIpc) is 2.80. The van der Waals surface area contributed by atoms with Crippen molar-refractivity contribution in [1.29, 1.82) is 0 Å². The van der Waals surface area contributed by atoms with Crippen molar-refractivity contribution in [2.45, 2.75) is 19.2 Å². The molecule has 0 fully saturated rings. The monoisotopic (exact) mass is 528 g/mol. The topological polar surface area (TPSA) is 125 Å². The third-order valence-corrected chi connectivity index (χ3v) is 5.43. The first-order chi connectivity index (χ1) is 17.1. The predicted octanol–water partition coefficient (Wildman–Crippen LogP) is 3.97. The Morgan fingerprint density at radius 2 is 1.69 bits per heavy atom. The fourth-order valence-corrected chi connectivity index (χ4v) is 3.75. The Morgan fingerprint density at radius 1 is 0.972 bits per heavy atom. The standard InChI is InChI=1S/C22H20F4N4O5S/c23-17-7-3-8-18(28-17)30(36(32)33)19-10-9-16(22(24,25)26)20(29-19)15-6-2-1-5-14(15)13-34-11-4-12-35-21(27)31/h1-3,5-10,36H,4,11-13H2,(H2,27,31). The summed E-state index contributed by atoms with van der Waals surface area (Å²) in [7, 11) is -3.48. The van der Waals surface area contributed by atoms with Crippen LogP contribution in [0.1, 0.15) is 17.5 Å². The van der Waals surface area contributed by atoms with Gasteiger partial charge in [0.05, 0.1) is 31.1 Å². The Balaban J connectivity index is 2.00. The van der Waals surface area contributed by atoms with Gasteiger partial charge >= 0.3 is 12.3 Å². The number of hydrogen-bond acceptors (Lipinski definition) is 7. The minimum atomic E-state index is -4.82. The first-order valence-corrected chi connectivity index (χ1v) is 11.4. The van der Waals surface area contributed by atoms with E-state index in [0.717, 1.165) is 12.1 Å². The van der Waals surface area contributed by atoms with E-state index >= 15 is 0 Å². The van der Waals surface area contributed by atoms with Gasteiger partial charge in [-0.15, -0.1) is 0 Å². The lowest BCUT2D eigenvalue weighted by atomic mass is 10.00. The molecule has 1 amide bonds. The molecule has 2 N–H and O–H groups in total. The molecule has 0 aliphatic carbocycles. The Labute approximate surface area is 204 Å². The molecule has 14 heteroatoms. The van der Waals surface area contributed by atoms with Crippen LogP contribution >= 0.6 is 0 Å². The fraction of sp³-hybridized carbons (Fsp3) is 0.227. The number of carbonyl (C=O) groups is 1. The summed E-state index contributed by atoms with van der Waals surface area (Å²) in [6, 6.07) is 10.9. The zero-order chi connectivity index (χ0) is 26.3. The summed E-state index contributed by atoms with van der Waals surface area (Å²) in [4.78, 5) is 18.1. The molecule has 0 radical (unpaired) electrons. The molecule has 0 bridgehead atoms. The number of alkyl halides is 3. The van der Waals surface area contributed by atoms with Crippen molar-refractivity contribution in [2.75, 3.05) is 17.5 Å². The van der Waals surface area contributed by atoms with Crippen LogP contribution in [0.15, 0.2) is 54.6 Å². The molecule has 0 unspecified atom stereocenters. The molecule has 2 aromatic heterocycles. The van der Waals surface area contributed by atoms with Crippen molar-refractivity contribution < 1.29 is 40.2 Å². The maximum atomic E-state index is 13.9. The minimum absolute atomic E-state index is 0.0100. The molecule has 3 aromatic rings. The SMILES string of the molecule is NC(=O)OCCCOCc1ccccc1-c1nc(N(c2cccc(F)n2)[SH](=O)=O)ccc1C(F)(F)F. The molecular formula is C22H20F4N4O5S. The van der Waals surface area contributed by atoms with E-state index in [0.29, 0.717) is 22.4 Å². The highest BCUT2D eigenvalue weighted by molar-refractivity contribution is 7.74. The fourth-order valence-electron chi connectivity index (χ4n) is 3.19. The second-order valence-corrected chi connectivity index (χ2v) is 8.04. The number of pyridine rings is 2. The molecule has 0 aliphatic rings. The van der Waals surface area contributed by atoms with Crippen LogP contribution in [0.3, 0.4) is 0 Å². The molecule has 36 heavy (non-hydrogen) atoms. The number of benzene rings is 1. The van der Waals surface area contributed by atoms with Crippen LogP contribution in [0.4, 0.5) is 34.0 Å². The summed E-state index contributed by atoms with van der Waals surface area (Å²) in [6.07, 6.45) is -5.45. The summed E-state index contributed by atoms with van der Waals surface area (Å²) in [5, 5.41) is 0. The maximum Gasteiger partial charge on any atom is 0.418 e. The zero-order valence-electron chi connectivity index (χ0n) is 18.4. The van der Waals surface area contributed by atoms with Gasteiger partial charge in [0.1, 0.15) is 5.82 Å². The van der Waals surface area contributed by atoms with Crippen molar-refractivity contribution in [2.24, 2.45) is 5.73 Å². The van der Waals surface area contributed by atoms with Gasteiger partial charge in [-0.1, -0.05) is 30.3 Å². The van der Waals surface area contributed by atoms with Gasteiger partial charge in [-0.25, -0.2) is 27.5 Å². The minimum Gasteiger partial charge on any atom is -0.450 e. The largest absolute Gasteiger partial charge is 0.450 e. The smallest absolute Gasteiger partial charge is 0.418 e. The number of amides is 1. The number of rotatable bonds is 10. The lowest BCUT2D eigenvalue weighted by molar-refractivity contribution is -0.137. The Morgan fingerprint density at radius 3 is 2.36 bits per heavy atom. The normalized spacial score (nSPS) is 11.5. The highest BCUT2D eigenvalue weighted by atomic mass is 32.2. The number of halogens is 4. The van der Waals surface area contributed by atoms with Gasteiger partial charge in [0.25, 0.3) is 0 Å². The van der Waals surface area contributed by atoms with Crippen LogP contribution in [-0.2, 0) is 33.1 Å². The van der Waals surface area contributed by atoms with Crippen molar-refractivity contribution in [3.8, 4) is 11.3 Å². The summed E-state index contributed by atoms with van der Waals surface area (Å²) >= 11 is 0. The maximum absolute atomic E-state index is 13.9. The van der Waals surface area contributed by atoms with E-state index in [2.05, 4.69) is 14.7 Å². The van der Waals surface area contributed by atoms with Gasteiger partial charge in [0.15, 0.2) is 5.82 Å². The van der Waals surface area contributed by atoms with Crippen molar-refractivity contribution in [3.63, 3.8) is 0 Å². The molecule has 1 aromatic carbocycles. The highest BCUT2D eigenvalue weighted by Gasteiger charge is 2.36. The second-order valence-electron chi connectivity index (χ2n) is 7.16. The van der Waals surface area contributed by atoms with Crippen LogP contribution < -0.4 is 10.0 Å². The molecule has 3 rings (SSSR count). The number of nitrogens with zero attached hydrogens (tertiary/aromatic N) is 3. The molecule has 0 spiro atoms. The van der Waals surface area contributed by atoms with Gasteiger partial charge in [-0.2, -0.15) is 17.6 Å². The molecule has 0 saturated carbocycles. The second kappa shape index (κ2) is 11.8. The predicted molar refractivity (Wildman–Crippen MR) is 121 cm³/mol. The summed E-state index contributed by atoms with van der Waals surface area (Å²) < 4.78 is 89.7. The van der Waals surface area contributed by atoms with Crippen LogP contribution in [0.25, 0.3) is 11.3 Å². The summed E-state index contributed by atoms with van der Waals surface area (Å²) in [5.41, 5.74) is 3.60. The van der Waals surface area contributed by atoms with E-state index in [4.69, 9.17) is 10.5 Å². The van der Waals surface area contributed by atoms with E-state index in [-0.39, 0.29) is 31.2 Å². The Hall–Kier alpha value is -3.78. The van der Waals surface area contributed by atoms with Gasteiger partial charge in [0, 0.05) is 12.0 Å². The summed E-state index contributed by atoms with van der Waals surface area (Å²) in [6.45, 7) is 0.0218. The van der Waals surface area contributed by atoms with Crippen molar-refractivity contribution >= 4 is 28.6 Å². The van der Waals surface area contributed by atoms with E-state index in [1.54, 1.807) is 6.07 Å². The van der Waals surface area contributed by atoms with Crippen LogP contribution in [-0.4, -0.2) is 37.7 Å². The first-order valence-electron chi connectivity index (χ1n) is 10.3. The lowest BCUT2D eigenvalue weighted by Gasteiger charge is -2.20. The molecule has 0 atom stereocenters. The average molecular weight is 528 g/mol. The third kappa shape index (κ3) is 6.88. The van der Waals surface area contributed by atoms with E-state index in [1.807, 2.05) is 0 Å². The number of primary amides is 1. The number of hydrogen-bond donors (Lipinski definition) is 2. The quantitative estimate of drug-likeness (QED) is 0.177. The molecule has 0 saturated heterocycles. The first kappa shape index (κ1) is 26.8. The van der Waals surface area contributed by atoms with E-state index in [9.17, 15) is 30.8 Å². The van der Waals surface area contributed by atoms with Crippen LogP contribution in [0.2, 0.25) is 0 Å². The van der Waals surface area contributed by atoms with Crippen molar-refractivity contribution in [1.82, 2.24) is 9.97 Å².